The van der Waals surface area contributed by atoms with Gasteiger partial charge < -0.3 is 10.2 Å². The molecule has 1 aliphatic rings. The molecule has 0 saturated carbocycles. The number of pyridine rings is 1. The Morgan fingerprint density at radius 1 is 1.26 bits per heavy atom. The van der Waals surface area contributed by atoms with E-state index in [1.165, 1.54) is 6.20 Å². The van der Waals surface area contributed by atoms with Gasteiger partial charge in [0.2, 0.25) is 0 Å². The van der Waals surface area contributed by atoms with Gasteiger partial charge in [-0.1, -0.05) is 13.8 Å². The first-order valence-electron chi connectivity index (χ1n) is 7.75. The van der Waals surface area contributed by atoms with Crippen molar-refractivity contribution < 1.29 is 13.2 Å². The van der Waals surface area contributed by atoms with Crippen LogP contribution in [0, 0.1) is 5.92 Å². The van der Waals surface area contributed by atoms with Crippen molar-refractivity contribution in [3.8, 4) is 0 Å². The first-order chi connectivity index (χ1) is 10.8. The van der Waals surface area contributed by atoms with Gasteiger partial charge in [0.15, 0.2) is 5.65 Å². The molecule has 0 unspecified atom stereocenters. The zero-order valence-corrected chi connectivity index (χ0v) is 13.2. The standard InChI is InChI=1S/C15H20F3N5/c1-10(2)8-23-9-11-12(15(16,17)18)7-13(20-14(11)21-23)22-5-3-19-4-6-22/h7,9-10,19H,3-6,8H2,1-2H3. The van der Waals surface area contributed by atoms with Crippen molar-refractivity contribution in [3.63, 3.8) is 0 Å². The van der Waals surface area contributed by atoms with E-state index in [2.05, 4.69) is 15.4 Å². The van der Waals surface area contributed by atoms with Crippen LogP contribution in [0.25, 0.3) is 11.0 Å². The predicted octanol–water partition coefficient (Wildman–Crippen LogP) is 2.52. The second-order valence-electron chi connectivity index (χ2n) is 6.25. The normalized spacial score (nSPS) is 16.5. The predicted molar refractivity (Wildman–Crippen MR) is 82.5 cm³/mol. The third-order valence-corrected chi connectivity index (χ3v) is 3.82. The lowest BCUT2D eigenvalue weighted by Crippen LogP contribution is -2.44. The summed E-state index contributed by atoms with van der Waals surface area (Å²) in [7, 11) is 0. The van der Waals surface area contributed by atoms with Gasteiger partial charge in [0.05, 0.1) is 10.9 Å². The molecule has 0 aliphatic carbocycles. The highest BCUT2D eigenvalue weighted by Gasteiger charge is 2.35. The summed E-state index contributed by atoms with van der Waals surface area (Å²) >= 11 is 0. The molecule has 2 aromatic rings. The number of aromatic nitrogens is 3. The Morgan fingerprint density at radius 3 is 2.57 bits per heavy atom. The van der Waals surface area contributed by atoms with Crippen LogP contribution in [0.2, 0.25) is 0 Å². The Bertz CT molecular complexity index is 686. The number of fused-ring (bicyclic) bond motifs is 1. The topological polar surface area (TPSA) is 46.0 Å². The van der Waals surface area contributed by atoms with Crippen LogP contribution >= 0.6 is 0 Å². The minimum atomic E-state index is -4.42. The number of rotatable bonds is 3. The molecule has 1 N–H and O–H groups in total. The van der Waals surface area contributed by atoms with Crippen molar-refractivity contribution in [1.82, 2.24) is 20.1 Å². The summed E-state index contributed by atoms with van der Waals surface area (Å²) in [5.74, 6) is 0.646. The minimum Gasteiger partial charge on any atom is -0.354 e. The van der Waals surface area contributed by atoms with Crippen LogP contribution in [0.5, 0.6) is 0 Å². The van der Waals surface area contributed by atoms with Gasteiger partial charge in [-0.3, -0.25) is 4.68 Å². The Labute approximate surface area is 132 Å². The molecule has 2 aromatic heterocycles. The largest absolute Gasteiger partial charge is 0.417 e. The van der Waals surface area contributed by atoms with E-state index in [-0.39, 0.29) is 11.0 Å². The summed E-state index contributed by atoms with van der Waals surface area (Å²) in [6.45, 7) is 7.32. The van der Waals surface area contributed by atoms with Gasteiger partial charge in [0, 0.05) is 38.9 Å². The van der Waals surface area contributed by atoms with Gasteiger partial charge in [-0.05, 0) is 12.0 Å². The third-order valence-electron chi connectivity index (χ3n) is 3.82. The lowest BCUT2D eigenvalue weighted by atomic mass is 10.1. The smallest absolute Gasteiger partial charge is 0.354 e. The SMILES string of the molecule is CC(C)Cn1cc2c(C(F)(F)F)cc(N3CCNCC3)nc2n1. The number of halogens is 3. The maximum absolute atomic E-state index is 13.4. The second-order valence-corrected chi connectivity index (χ2v) is 6.25. The van der Waals surface area contributed by atoms with Crippen LogP contribution in [0.1, 0.15) is 19.4 Å². The fraction of sp³-hybridized carbons (Fsp3) is 0.600. The van der Waals surface area contributed by atoms with Crippen LogP contribution in [0.4, 0.5) is 19.0 Å². The molecular weight excluding hydrogens is 307 g/mol. The molecule has 3 rings (SSSR count). The number of anilines is 1. The highest BCUT2D eigenvalue weighted by Crippen LogP contribution is 2.36. The molecular formula is C15H20F3N5. The van der Waals surface area contributed by atoms with Crippen LogP contribution < -0.4 is 10.2 Å². The van der Waals surface area contributed by atoms with E-state index >= 15 is 0 Å². The highest BCUT2D eigenvalue weighted by atomic mass is 19.4. The average Bonchev–Trinajstić information content (AvgIpc) is 2.87. The number of nitrogens with one attached hydrogen (secondary N) is 1. The summed E-state index contributed by atoms with van der Waals surface area (Å²) < 4.78 is 41.9. The zero-order chi connectivity index (χ0) is 16.6. The van der Waals surface area contributed by atoms with Gasteiger partial charge in [0.1, 0.15) is 5.82 Å². The number of hydrogen-bond donors (Lipinski definition) is 1. The summed E-state index contributed by atoms with van der Waals surface area (Å²) in [5.41, 5.74) is -0.500. The summed E-state index contributed by atoms with van der Waals surface area (Å²) in [6.07, 6.45) is -2.97. The van der Waals surface area contributed by atoms with Crippen LogP contribution in [-0.2, 0) is 12.7 Å². The molecule has 0 atom stereocenters. The van der Waals surface area contributed by atoms with E-state index in [1.54, 1.807) is 4.68 Å². The molecule has 126 valence electrons. The summed E-state index contributed by atoms with van der Waals surface area (Å²) in [4.78, 5) is 6.23. The van der Waals surface area contributed by atoms with Crippen molar-refractivity contribution in [2.75, 3.05) is 31.1 Å². The van der Waals surface area contributed by atoms with E-state index in [1.807, 2.05) is 18.7 Å². The number of nitrogens with zero attached hydrogens (tertiary/aromatic N) is 4. The minimum absolute atomic E-state index is 0.0667. The van der Waals surface area contributed by atoms with E-state index in [9.17, 15) is 13.2 Å². The summed E-state index contributed by atoms with van der Waals surface area (Å²) in [6, 6.07) is 1.15. The van der Waals surface area contributed by atoms with Crippen molar-refractivity contribution in [2.24, 2.45) is 5.92 Å². The molecule has 0 radical (unpaired) electrons. The molecule has 5 nitrogen and oxygen atoms in total. The van der Waals surface area contributed by atoms with Crippen molar-refractivity contribution >= 4 is 16.9 Å². The monoisotopic (exact) mass is 327 g/mol. The lowest BCUT2D eigenvalue weighted by Gasteiger charge is -2.28. The van der Waals surface area contributed by atoms with Gasteiger partial charge in [-0.2, -0.15) is 18.3 Å². The second kappa shape index (κ2) is 5.99. The number of piperazine rings is 1. The van der Waals surface area contributed by atoms with Gasteiger partial charge >= 0.3 is 6.18 Å². The number of hydrogen-bond acceptors (Lipinski definition) is 4. The molecule has 1 aliphatic heterocycles. The molecule has 1 saturated heterocycles. The zero-order valence-electron chi connectivity index (χ0n) is 13.2. The van der Waals surface area contributed by atoms with E-state index in [4.69, 9.17) is 0 Å². The molecule has 8 heteroatoms. The number of alkyl halides is 3. The van der Waals surface area contributed by atoms with Crippen LogP contribution in [-0.4, -0.2) is 40.9 Å². The van der Waals surface area contributed by atoms with Gasteiger partial charge in [-0.15, -0.1) is 0 Å². The fourth-order valence-electron chi connectivity index (χ4n) is 2.79. The highest BCUT2D eigenvalue weighted by molar-refractivity contribution is 5.81. The summed E-state index contributed by atoms with van der Waals surface area (Å²) in [5, 5.41) is 7.49. The molecule has 0 spiro atoms. The van der Waals surface area contributed by atoms with Gasteiger partial charge in [0.25, 0.3) is 0 Å². The van der Waals surface area contributed by atoms with Gasteiger partial charge in [-0.25, -0.2) is 4.98 Å². The molecule has 1 fully saturated rings. The van der Waals surface area contributed by atoms with E-state index in [0.717, 1.165) is 19.2 Å². The molecule has 0 aromatic carbocycles. The maximum atomic E-state index is 13.4. The molecule has 23 heavy (non-hydrogen) atoms. The molecule has 0 amide bonds. The first kappa shape index (κ1) is 16.0. The van der Waals surface area contributed by atoms with Crippen molar-refractivity contribution in [3.05, 3.63) is 17.8 Å². The fourth-order valence-corrected chi connectivity index (χ4v) is 2.79. The first-order valence-corrected chi connectivity index (χ1v) is 7.75. The van der Waals surface area contributed by atoms with Crippen LogP contribution in [0.3, 0.4) is 0 Å². The third kappa shape index (κ3) is 3.41. The maximum Gasteiger partial charge on any atom is 0.417 e. The Balaban J connectivity index is 2.08. The van der Waals surface area contributed by atoms with Crippen molar-refractivity contribution in [2.45, 2.75) is 26.6 Å². The average molecular weight is 327 g/mol. The van der Waals surface area contributed by atoms with E-state index in [0.29, 0.717) is 31.4 Å². The lowest BCUT2D eigenvalue weighted by molar-refractivity contribution is -0.136. The van der Waals surface area contributed by atoms with E-state index < -0.39 is 11.7 Å². The molecule has 0 bridgehead atoms. The quantitative estimate of drug-likeness (QED) is 0.941. The van der Waals surface area contributed by atoms with Crippen molar-refractivity contribution in [1.29, 1.82) is 0 Å². The molecule has 3 heterocycles. The van der Waals surface area contributed by atoms with Crippen LogP contribution in [0.15, 0.2) is 12.3 Å². The Morgan fingerprint density at radius 2 is 1.96 bits per heavy atom. The Kier molecular flexibility index (Phi) is 4.18. The Hall–Kier alpha value is -1.83.